The molecule has 12 heteroatoms. The van der Waals surface area contributed by atoms with E-state index in [0.29, 0.717) is 32.5 Å². The third kappa shape index (κ3) is 8.32. The van der Waals surface area contributed by atoms with Crippen LogP contribution in [0.15, 0.2) is 149 Å². The number of sulfonamides is 1. The summed E-state index contributed by atoms with van der Waals surface area (Å²) in [5, 5.41) is 11.8. The van der Waals surface area contributed by atoms with Gasteiger partial charge in [0.15, 0.2) is 10.5 Å². The van der Waals surface area contributed by atoms with Gasteiger partial charge in [-0.25, -0.2) is 13.9 Å². The van der Waals surface area contributed by atoms with Crippen molar-refractivity contribution in [2.24, 2.45) is 5.92 Å². The Labute approximate surface area is 312 Å². The summed E-state index contributed by atoms with van der Waals surface area (Å²) in [4.78, 5) is 33.1. The molecule has 10 nitrogen and oxygen atoms in total. The Kier molecular flexibility index (Phi) is 11.9. The molecular formula is C40H39BrN4O6S. The summed E-state index contributed by atoms with van der Waals surface area (Å²) < 4.78 is 30.0. The van der Waals surface area contributed by atoms with Crippen molar-refractivity contribution < 1.29 is 23.0 Å². The molecule has 0 saturated carbocycles. The second-order valence-electron chi connectivity index (χ2n) is 12.7. The zero-order chi connectivity index (χ0) is 36.6. The number of amides is 1. The van der Waals surface area contributed by atoms with E-state index in [-0.39, 0.29) is 29.8 Å². The number of hydrogen-bond donors (Lipinski definition) is 1. The molecule has 1 amide bonds. The number of para-hydroxylation sites is 1. The van der Waals surface area contributed by atoms with Gasteiger partial charge in [0.05, 0.1) is 4.92 Å². The van der Waals surface area contributed by atoms with E-state index in [1.54, 1.807) is 0 Å². The smallest absolute Gasteiger partial charge is 0.289 e. The van der Waals surface area contributed by atoms with Gasteiger partial charge in [-0.05, 0) is 66.4 Å². The van der Waals surface area contributed by atoms with Gasteiger partial charge in [-0.2, -0.15) is 4.31 Å². The number of carbonyl (C=O) groups excluding carboxylic acids is 1. The standard InChI is InChI=1S/C40H39BrN4O6S/c41-36-22-20-31(21-23-36)30-44(52(49,50)38-19-11-10-18-37(38)45(47)48)29-28-43-26-24-32(25-27-43)39(46)42-51-40(33-12-4-1-5-13-33,34-14-6-2-7-15-34)35-16-8-3-9-17-35/h1-23,32H,24-30H2,(H,42,46). The van der Waals surface area contributed by atoms with Crippen molar-refractivity contribution in [1.82, 2.24) is 14.7 Å². The van der Waals surface area contributed by atoms with Gasteiger partial charge in [0.25, 0.3) is 5.69 Å². The maximum absolute atomic E-state index is 13.9. The van der Waals surface area contributed by atoms with E-state index in [1.165, 1.54) is 28.6 Å². The third-order valence-electron chi connectivity index (χ3n) is 9.42. The van der Waals surface area contributed by atoms with E-state index < -0.39 is 26.2 Å². The predicted octanol–water partition coefficient (Wildman–Crippen LogP) is 7.30. The van der Waals surface area contributed by atoms with Crippen LogP contribution < -0.4 is 5.48 Å². The Morgan fingerprint density at radius 3 is 1.83 bits per heavy atom. The zero-order valence-electron chi connectivity index (χ0n) is 28.4. The first kappa shape index (κ1) is 37.1. The van der Waals surface area contributed by atoms with Crippen LogP contribution in [0.2, 0.25) is 0 Å². The lowest BCUT2D eigenvalue weighted by atomic mass is 9.80. The summed E-state index contributed by atoms with van der Waals surface area (Å²) in [5.41, 5.74) is 4.62. The summed E-state index contributed by atoms with van der Waals surface area (Å²) in [5.74, 6) is -0.534. The largest absolute Gasteiger partial charge is 0.302 e. The van der Waals surface area contributed by atoms with Crippen LogP contribution in [0.1, 0.15) is 35.1 Å². The van der Waals surface area contributed by atoms with Crippen molar-refractivity contribution in [3.8, 4) is 0 Å². The topological polar surface area (TPSA) is 122 Å². The summed E-state index contributed by atoms with van der Waals surface area (Å²) in [6, 6.07) is 42.1. The summed E-state index contributed by atoms with van der Waals surface area (Å²) in [6.45, 7) is 1.68. The highest BCUT2D eigenvalue weighted by atomic mass is 79.9. The van der Waals surface area contributed by atoms with Gasteiger partial charge in [-0.1, -0.05) is 131 Å². The SMILES string of the molecule is O=C(NOC(c1ccccc1)(c1ccccc1)c1ccccc1)C1CCN(CCN(Cc2ccc(Br)cc2)S(=O)(=O)c2ccccc2[N+](=O)[O-])CC1. The average Bonchev–Trinajstić information content (AvgIpc) is 3.18. The summed E-state index contributed by atoms with van der Waals surface area (Å²) in [6.07, 6.45) is 1.10. The summed E-state index contributed by atoms with van der Waals surface area (Å²) >= 11 is 3.41. The minimum absolute atomic E-state index is 0.0455. The van der Waals surface area contributed by atoms with Gasteiger partial charge >= 0.3 is 0 Å². The maximum Gasteiger partial charge on any atom is 0.289 e. The fourth-order valence-corrected chi connectivity index (χ4v) is 8.46. The minimum atomic E-state index is -4.23. The first-order valence-electron chi connectivity index (χ1n) is 17.0. The highest BCUT2D eigenvalue weighted by Crippen LogP contribution is 2.40. The van der Waals surface area contributed by atoms with E-state index in [4.69, 9.17) is 4.84 Å². The van der Waals surface area contributed by atoms with E-state index in [9.17, 15) is 23.3 Å². The fraction of sp³-hybridized carbons (Fsp3) is 0.225. The number of nitro benzene ring substituents is 1. The van der Waals surface area contributed by atoms with Crippen LogP contribution in [0.4, 0.5) is 5.69 Å². The van der Waals surface area contributed by atoms with Gasteiger partial charge in [0, 0.05) is 36.1 Å². The first-order valence-corrected chi connectivity index (χ1v) is 19.3. The van der Waals surface area contributed by atoms with Gasteiger partial charge in [-0.3, -0.25) is 19.7 Å². The van der Waals surface area contributed by atoms with Crippen molar-refractivity contribution in [3.05, 3.63) is 176 Å². The monoisotopic (exact) mass is 782 g/mol. The molecule has 268 valence electrons. The van der Waals surface area contributed by atoms with Gasteiger partial charge in [0.2, 0.25) is 15.9 Å². The molecule has 1 fully saturated rings. The molecule has 5 aromatic rings. The van der Waals surface area contributed by atoms with Crippen molar-refractivity contribution in [2.75, 3.05) is 26.2 Å². The molecule has 1 heterocycles. The Morgan fingerprint density at radius 1 is 0.808 bits per heavy atom. The van der Waals surface area contributed by atoms with Crippen molar-refractivity contribution in [1.29, 1.82) is 0 Å². The molecule has 0 radical (unpaired) electrons. The van der Waals surface area contributed by atoms with E-state index >= 15 is 0 Å². The molecule has 0 unspecified atom stereocenters. The van der Waals surface area contributed by atoms with Gasteiger partial charge in [0.1, 0.15) is 0 Å². The normalized spacial score (nSPS) is 14.3. The number of carbonyl (C=O) groups is 1. The summed E-state index contributed by atoms with van der Waals surface area (Å²) in [7, 11) is -4.23. The Balaban J connectivity index is 1.14. The number of nitro groups is 1. The lowest BCUT2D eigenvalue weighted by Crippen LogP contribution is -2.46. The molecule has 5 aromatic carbocycles. The lowest BCUT2D eigenvalue weighted by molar-refractivity contribution is -0.387. The highest BCUT2D eigenvalue weighted by Gasteiger charge is 2.40. The molecular weight excluding hydrogens is 744 g/mol. The molecule has 1 saturated heterocycles. The van der Waals surface area contributed by atoms with Crippen LogP contribution in [-0.2, 0) is 31.8 Å². The van der Waals surface area contributed by atoms with Crippen LogP contribution in [0, 0.1) is 16.0 Å². The van der Waals surface area contributed by atoms with E-state index in [2.05, 4.69) is 26.3 Å². The van der Waals surface area contributed by atoms with Crippen molar-refractivity contribution in [3.63, 3.8) is 0 Å². The predicted molar refractivity (Wildman–Crippen MR) is 202 cm³/mol. The maximum atomic E-state index is 13.9. The van der Waals surface area contributed by atoms with Crippen LogP contribution in [-0.4, -0.2) is 54.6 Å². The highest BCUT2D eigenvalue weighted by molar-refractivity contribution is 9.10. The van der Waals surface area contributed by atoms with E-state index in [0.717, 1.165) is 26.7 Å². The van der Waals surface area contributed by atoms with Gasteiger partial charge in [-0.15, -0.1) is 0 Å². The molecule has 0 aliphatic carbocycles. The second kappa shape index (κ2) is 16.7. The number of likely N-dealkylation sites (tertiary alicyclic amines) is 1. The van der Waals surface area contributed by atoms with Crippen molar-refractivity contribution in [2.45, 2.75) is 29.9 Å². The minimum Gasteiger partial charge on any atom is -0.302 e. The van der Waals surface area contributed by atoms with Gasteiger partial charge < -0.3 is 4.90 Å². The fourth-order valence-electron chi connectivity index (χ4n) is 6.62. The molecule has 1 N–H and O–H groups in total. The van der Waals surface area contributed by atoms with Crippen molar-refractivity contribution >= 4 is 37.5 Å². The molecule has 0 bridgehead atoms. The Morgan fingerprint density at radius 2 is 1.31 bits per heavy atom. The second-order valence-corrected chi connectivity index (χ2v) is 15.5. The number of hydroxylamine groups is 1. The number of hydrogen-bond acceptors (Lipinski definition) is 7. The number of benzene rings is 5. The molecule has 52 heavy (non-hydrogen) atoms. The van der Waals surface area contributed by atoms with Crippen LogP contribution in [0.3, 0.4) is 0 Å². The number of nitrogens with zero attached hydrogens (tertiary/aromatic N) is 3. The van der Waals surface area contributed by atoms with Crippen LogP contribution >= 0.6 is 15.9 Å². The Bertz CT molecular complexity index is 1970. The average molecular weight is 784 g/mol. The third-order valence-corrected chi connectivity index (χ3v) is 11.8. The van der Waals surface area contributed by atoms with Crippen LogP contribution in [0.25, 0.3) is 0 Å². The molecule has 1 aliphatic rings. The lowest BCUT2D eigenvalue weighted by Gasteiger charge is -2.36. The first-order chi connectivity index (χ1) is 25.2. The number of rotatable bonds is 14. The Hall–Kier alpha value is -4.72. The zero-order valence-corrected chi connectivity index (χ0v) is 30.8. The number of nitrogens with one attached hydrogen (secondary N) is 1. The quantitative estimate of drug-likeness (QED) is 0.0713. The molecule has 0 spiro atoms. The van der Waals surface area contributed by atoms with Crippen LogP contribution in [0.5, 0.6) is 0 Å². The number of halogens is 1. The molecule has 6 rings (SSSR count). The molecule has 0 atom stereocenters. The molecule has 0 aromatic heterocycles. The van der Waals surface area contributed by atoms with E-state index in [1.807, 2.05) is 115 Å². The number of piperidine rings is 1. The molecule has 1 aliphatic heterocycles.